The van der Waals surface area contributed by atoms with Gasteiger partial charge in [0.05, 0.1) is 6.10 Å². The Hall–Kier alpha value is -1.14. The second-order valence-electron chi connectivity index (χ2n) is 5.59. The van der Waals surface area contributed by atoms with Crippen LogP contribution in [0.25, 0.3) is 0 Å². The molecule has 112 valence electrons. The van der Waals surface area contributed by atoms with Gasteiger partial charge in [-0.15, -0.1) is 0 Å². The van der Waals surface area contributed by atoms with Gasteiger partial charge >= 0.3 is 4.87 Å². The van der Waals surface area contributed by atoms with Gasteiger partial charge < -0.3 is 10.4 Å². The zero-order chi connectivity index (χ0) is 14.7. The number of nitrogens with zero attached hydrogens (tertiary/aromatic N) is 1. The summed E-state index contributed by atoms with van der Waals surface area (Å²) in [5, 5.41) is 12.5. The molecule has 0 aromatic carbocycles. The highest BCUT2D eigenvalue weighted by atomic mass is 32.1. The number of nitrogens with one attached hydrogen (secondary N) is 1. The van der Waals surface area contributed by atoms with E-state index in [-0.39, 0.29) is 23.4 Å². The third kappa shape index (κ3) is 3.70. The van der Waals surface area contributed by atoms with E-state index in [0.717, 1.165) is 36.3 Å². The smallest absolute Gasteiger partial charge is 0.308 e. The van der Waals surface area contributed by atoms with Crippen LogP contribution in [0.5, 0.6) is 0 Å². The van der Waals surface area contributed by atoms with Crippen LogP contribution in [0.3, 0.4) is 0 Å². The molecule has 2 N–H and O–H groups in total. The zero-order valence-electron chi connectivity index (χ0n) is 12.0. The molecule has 2 unspecified atom stereocenters. The fraction of sp³-hybridized carbons (Fsp3) is 0.714. The number of aliphatic hydroxyl groups is 1. The summed E-state index contributed by atoms with van der Waals surface area (Å²) in [7, 11) is 0. The molecule has 1 saturated carbocycles. The Balaban J connectivity index is 1.85. The first-order valence-electron chi connectivity index (χ1n) is 7.09. The molecular weight excluding hydrogens is 276 g/mol. The summed E-state index contributed by atoms with van der Waals surface area (Å²) in [6.07, 6.45) is 3.47. The van der Waals surface area contributed by atoms with Crippen molar-refractivity contribution < 1.29 is 9.90 Å². The number of carbonyl (C=O) groups is 1. The quantitative estimate of drug-likeness (QED) is 0.877. The van der Waals surface area contributed by atoms with Gasteiger partial charge in [0, 0.05) is 17.1 Å². The SMILES string of the molecule is Cc1sc(=O)n(CC(=O)NCC2CCCC(O)C2)c1C. The highest BCUT2D eigenvalue weighted by Gasteiger charge is 2.20. The van der Waals surface area contributed by atoms with Crippen LogP contribution in [0.15, 0.2) is 4.79 Å². The van der Waals surface area contributed by atoms with Crippen molar-refractivity contribution in [1.82, 2.24) is 9.88 Å². The number of thiazole rings is 1. The second-order valence-corrected chi connectivity index (χ2v) is 6.75. The molecule has 1 aromatic heterocycles. The van der Waals surface area contributed by atoms with E-state index in [1.54, 1.807) is 0 Å². The van der Waals surface area contributed by atoms with Gasteiger partial charge in [-0.25, -0.2) is 0 Å². The minimum Gasteiger partial charge on any atom is -0.393 e. The highest BCUT2D eigenvalue weighted by Crippen LogP contribution is 2.23. The molecule has 2 atom stereocenters. The van der Waals surface area contributed by atoms with E-state index in [1.807, 2.05) is 13.8 Å². The van der Waals surface area contributed by atoms with Crippen molar-refractivity contribution in [3.8, 4) is 0 Å². The molecule has 0 bridgehead atoms. The van der Waals surface area contributed by atoms with Gasteiger partial charge in [-0.3, -0.25) is 14.2 Å². The van der Waals surface area contributed by atoms with Crippen molar-refractivity contribution in [2.24, 2.45) is 5.92 Å². The van der Waals surface area contributed by atoms with Crippen molar-refractivity contribution in [1.29, 1.82) is 0 Å². The van der Waals surface area contributed by atoms with E-state index < -0.39 is 0 Å². The zero-order valence-corrected chi connectivity index (χ0v) is 12.8. The second kappa shape index (κ2) is 6.54. The van der Waals surface area contributed by atoms with E-state index in [9.17, 15) is 14.7 Å². The Labute approximate surface area is 122 Å². The van der Waals surface area contributed by atoms with E-state index in [0.29, 0.717) is 12.5 Å². The molecule has 0 radical (unpaired) electrons. The molecule has 1 amide bonds. The molecule has 1 fully saturated rings. The number of aryl methyl sites for hydroxylation is 1. The van der Waals surface area contributed by atoms with Crippen LogP contribution in [-0.2, 0) is 11.3 Å². The topological polar surface area (TPSA) is 71.3 Å². The summed E-state index contributed by atoms with van der Waals surface area (Å²) in [4.78, 5) is 24.5. The van der Waals surface area contributed by atoms with Gasteiger partial charge in [-0.2, -0.15) is 0 Å². The number of amides is 1. The maximum absolute atomic E-state index is 11.9. The number of rotatable bonds is 4. The Morgan fingerprint density at radius 3 is 2.80 bits per heavy atom. The fourth-order valence-electron chi connectivity index (χ4n) is 2.68. The molecule has 0 saturated heterocycles. The van der Waals surface area contributed by atoms with Crippen molar-refractivity contribution >= 4 is 17.2 Å². The lowest BCUT2D eigenvalue weighted by Crippen LogP contribution is -2.36. The molecular formula is C14H22N2O3S. The molecule has 1 aromatic rings. The van der Waals surface area contributed by atoms with Gasteiger partial charge in [0.25, 0.3) is 0 Å². The first-order chi connectivity index (χ1) is 9.47. The normalized spacial score (nSPS) is 22.8. The molecule has 1 heterocycles. The molecule has 20 heavy (non-hydrogen) atoms. The number of carbonyl (C=O) groups excluding carboxylic acids is 1. The minimum atomic E-state index is -0.227. The number of aliphatic hydroxyl groups excluding tert-OH is 1. The molecule has 0 spiro atoms. The lowest BCUT2D eigenvalue weighted by Gasteiger charge is -2.25. The summed E-state index contributed by atoms with van der Waals surface area (Å²) >= 11 is 1.18. The first-order valence-corrected chi connectivity index (χ1v) is 7.90. The Kier molecular flexibility index (Phi) is 4.99. The molecule has 5 nitrogen and oxygen atoms in total. The van der Waals surface area contributed by atoms with Crippen molar-refractivity contribution in [2.45, 2.75) is 52.2 Å². The third-order valence-corrected chi connectivity index (χ3v) is 5.02. The number of aromatic nitrogens is 1. The predicted molar refractivity (Wildman–Crippen MR) is 79.0 cm³/mol. The van der Waals surface area contributed by atoms with Crippen LogP contribution in [0, 0.1) is 19.8 Å². The summed E-state index contributed by atoms with van der Waals surface area (Å²) in [6.45, 7) is 4.42. The average Bonchev–Trinajstić information content (AvgIpc) is 2.63. The van der Waals surface area contributed by atoms with Crippen LogP contribution in [0.1, 0.15) is 36.3 Å². The average molecular weight is 298 g/mol. The van der Waals surface area contributed by atoms with Gasteiger partial charge in [0.15, 0.2) is 0 Å². The van der Waals surface area contributed by atoms with Crippen LogP contribution in [-0.4, -0.2) is 28.2 Å². The monoisotopic (exact) mass is 298 g/mol. The third-order valence-electron chi connectivity index (χ3n) is 4.02. The van der Waals surface area contributed by atoms with Crippen molar-refractivity contribution in [3.63, 3.8) is 0 Å². The largest absolute Gasteiger partial charge is 0.393 e. The standard InChI is InChI=1S/C14H22N2O3S/c1-9-10(2)20-14(19)16(9)8-13(18)15-7-11-4-3-5-12(17)6-11/h11-12,17H,3-8H2,1-2H3,(H,15,18). The predicted octanol–water partition coefficient (Wildman–Crippen LogP) is 1.19. The lowest BCUT2D eigenvalue weighted by atomic mass is 9.87. The van der Waals surface area contributed by atoms with Crippen LogP contribution >= 0.6 is 11.3 Å². The Morgan fingerprint density at radius 1 is 1.45 bits per heavy atom. The van der Waals surface area contributed by atoms with Gasteiger partial charge in [0.1, 0.15) is 6.54 Å². The lowest BCUT2D eigenvalue weighted by molar-refractivity contribution is -0.122. The first kappa shape index (κ1) is 15.3. The molecule has 2 rings (SSSR count). The van der Waals surface area contributed by atoms with Crippen LogP contribution < -0.4 is 10.2 Å². The Morgan fingerprint density at radius 2 is 2.20 bits per heavy atom. The maximum atomic E-state index is 11.9. The van der Waals surface area contributed by atoms with E-state index >= 15 is 0 Å². The minimum absolute atomic E-state index is 0.0803. The summed E-state index contributed by atoms with van der Waals surface area (Å²) in [5.74, 6) is 0.220. The Bertz CT molecular complexity index is 535. The van der Waals surface area contributed by atoms with Gasteiger partial charge in [-0.05, 0) is 39.0 Å². The van der Waals surface area contributed by atoms with Gasteiger partial charge in [0.2, 0.25) is 5.91 Å². The number of hydrogen-bond donors (Lipinski definition) is 2. The van der Waals surface area contributed by atoms with Crippen molar-refractivity contribution in [3.05, 3.63) is 20.2 Å². The summed E-state index contributed by atoms with van der Waals surface area (Å²) in [6, 6.07) is 0. The van der Waals surface area contributed by atoms with E-state index in [1.165, 1.54) is 15.9 Å². The van der Waals surface area contributed by atoms with E-state index in [4.69, 9.17) is 0 Å². The molecule has 1 aliphatic rings. The van der Waals surface area contributed by atoms with Crippen LogP contribution in [0.4, 0.5) is 0 Å². The van der Waals surface area contributed by atoms with Gasteiger partial charge in [-0.1, -0.05) is 17.8 Å². The molecule has 0 aliphatic heterocycles. The number of hydrogen-bond acceptors (Lipinski definition) is 4. The van der Waals surface area contributed by atoms with E-state index in [2.05, 4.69) is 5.32 Å². The fourth-order valence-corrected chi connectivity index (χ4v) is 3.51. The molecule has 1 aliphatic carbocycles. The van der Waals surface area contributed by atoms with Crippen LogP contribution in [0.2, 0.25) is 0 Å². The summed E-state index contributed by atoms with van der Waals surface area (Å²) in [5.41, 5.74) is 0.864. The highest BCUT2D eigenvalue weighted by molar-refractivity contribution is 7.09. The summed E-state index contributed by atoms with van der Waals surface area (Å²) < 4.78 is 1.52. The molecule has 6 heteroatoms. The maximum Gasteiger partial charge on any atom is 0.308 e. The van der Waals surface area contributed by atoms with Crippen molar-refractivity contribution in [2.75, 3.05) is 6.54 Å².